The molecule has 5 heteroatoms. The lowest BCUT2D eigenvalue weighted by Gasteiger charge is -2.26. The Balaban J connectivity index is 1.58. The number of amides is 1. The summed E-state index contributed by atoms with van der Waals surface area (Å²) in [5, 5.41) is 2.98. The number of rotatable bonds is 7. The van der Waals surface area contributed by atoms with Crippen molar-refractivity contribution in [3.8, 4) is 11.5 Å². The van der Waals surface area contributed by atoms with Crippen molar-refractivity contribution < 1.29 is 14.3 Å². The number of nitrogens with one attached hydrogen (secondary N) is 1. The molecular weight excluding hydrogens is 352 g/mol. The van der Waals surface area contributed by atoms with Crippen molar-refractivity contribution in [2.45, 2.75) is 39.3 Å². The van der Waals surface area contributed by atoms with Gasteiger partial charge in [0.1, 0.15) is 11.5 Å². The first-order chi connectivity index (χ1) is 13.6. The summed E-state index contributed by atoms with van der Waals surface area (Å²) in [7, 11) is 3.18. The average molecular weight is 383 g/mol. The highest BCUT2D eigenvalue weighted by atomic mass is 16.5. The van der Waals surface area contributed by atoms with Crippen LogP contribution in [0.15, 0.2) is 36.4 Å². The fourth-order valence-electron chi connectivity index (χ4n) is 3.64. The van der Waals surface area contributed by atoms with Gasteiger partial charge in [0.05, 0.1) is 14.2 Å². The summed E-state index contributed by atoms with van der Waals surface area (Å²) in [5.41, 5.74) is 3.82. The molecular formula is C23H30N2O3. The smallest absolute Gasteiger partial charge is 0.251 e. The third kappa shape index (κ3) is 5.04. The monoisotopic (exact) mass is 382 g/mol. The lowest BCUT2D eigenvalue weighted by molar-refractivity contribution is 0.0950. The van der Waals surface area contributed by atoms with E-state index in [4.69, 9.17) is 9.47 Å². The number of benzene rings is 2. The molecule has 3 rings (SSSR count). The Morgan fingerprint density at radius 2 is 1.54 bits per heavy atom. The first-order valence-electron chi connectivity index (χ1n) is 9.91. The molecule has 0 radical (unpaired) electrons. The normalized spacial score (nSPS) is 14.5. The van der Waals surface area contributed by atoms with E-state index in [0.29, 0.717) is 23.6 Å². The molecule has 0 bridgehead atoms. The van der Waals surface area contributed by atoms with Crippen molar-refractivity contribution in [1.82, 2.24) is 10.2 Å². The number of hydrogen-bond donors (Lipinski definition) is 1. The summed E-state index contributed by atoms with van der Waals surface area (Å²) in [6.45, 7) is 5.80. The Labute approximate surface area is 167 Å². The molecule has 1 aliphatic heterocycles. The molecule has 1 heterocycles. The highest BCUT2D eigenvalue weighted by Gasteiger charge is 2.14. The number of hydrogen-bond acceptors (Lipinski definition) is 4. The minimum Gasteiger partial charge on any atom is -0.496 e. The van der Waals surface area contributed by atoms with E-state index in [-0.39, 0.29) is 5.91 Å². The Hall–Kier alpha value is -2.53. The molecule has 2 aromatic carbocycles. The maximum Gasteiger partial charge on any atom is 0.251 e. The number of piperidine rings is 1. The van der Waals surface area contributed by atoms with Gasteiger partial charge >= 0.3 is 0 Å². The van der Waals surface area contributed by atoms with Gasteiger partial charge in [-0.05, 0) is 56.1 Å². The zero-order chi connectivity index (χ0) is 19.9. The predicted molar refractivity (Wildman–Crippen MR) is 111 cm³/mol. The van der Waals surface area contributed by atoms with Gasteiger partial charge in [-0.25, -0.2) is 0 Å². The summed E-state index contributed by atoms with van der Waals surface area (Å²) in [6, 6.07) is 12.0. The molecule has 1 amide bonds. The van der Waals surface area contributed by atoms with Crippen molar-refractivity contribution in [3.05, 3.63) is 58.7 Å². The van der Waals surface area contributed by atoms with Gasteiger partial charge in [-0.3, -0.25) is 9.69 Å². The summed E-state index contributed by atoms with van der Waals surface area (Å²) in [4.78, 5) is 15.1. The van der Waals surface area contributed by atoms with E-state index >= 15 is 0 Å². The second kappa shape index (κ2) is 9.60. The van der Waals surface area contributed by atoms with E-state index in [9.17, 15) is 4.79 Å². The predicted octanol–water partition coefficient (Wildman–Crippen LogP) is 3.93. The fourth-order valence-corrected chi connectivity index (χ4v) is 3.64. The van der Waals surface area contributed by atoms with E-state index in [2.05, 4.69) is 34.5 Å². The van der Waals surface area contributed by atoms with Crippen LogP contribution < -0.4 is 14.8 Å². The topological polar surface area (TPSA) is 50.8 Å². The van der Waals surface area contributed by atoms with Crippen LogP contribution in [-0.2, 0) is 13.1 Å². The standard InChI is InChI=1S/C23H30N2O3/c1-17-21(27-2)13-20(14-22(17)28-3)23(26)24-15-18-7-9-19(10-8-18)16-25-11-5-4-6-12-25/h7-10,13-14H,4-6,11-12,15-16H2,1-3H3,(H,24,26). The van der Waals surface area contributed by atoms with Crippen LogP contribution in [0.2, 0.25) is 0 Å². The molecule has 0 atom stereocenters. The number of likely N-dealkylation sites (tertiary alicyclic amines) is 1. The average Bonchev–Trinajstić information content (AvgIpc) is 2.74. The second-order valence-corrected chi connectivity index (χ2v) is 7.34. The molecule has 1 saturated heterocycles. The minimum absolute atomic E-state index is 0.144. The lowest BCUT2D eigenvalue weighted by Crippen LogP contribution is -2.29. The third-order valence-electron chi connectivity index (χ3n) is 5.35. The van der Waals surface area contributed by atoms with Crippen molar-refractivity contribution in [3.63, 3.8) is 0 Å². The van der Waals surface area contributed by atoms with Gasteiger partial charge in [0.25, 0.3) is 5.91 Å². The van der Waals surface area contributed by atoms with E-state index < -0.39 is 0 Å². The largest absolute Gasteiger partial charge is 0.496 e. The first-order valence-corrected chi connectivity index (χ1v) is 9.91. The molecule has 5 nitrogen and oxygen atoms in total. The van der Waals surface area contributed by atoms with E-state index in [1.165, 1.54) is 37.9 Å². The summed E-state index contributed by atoms with van der Waals surface area (Å²) < 4.78 is 10.7. The van der Waals surface area contributed by atoms with Crippen LogP contribution >= 0.6 is 0 Å². The molecule has 1 aliphatic rings. The van der Waals surface area contributed by atoms with Crippen LogP contribution in [0, 0.1) is 6.92 Å². The van der Waals surface area contributed by atoms with Gasteiger partial charge in [-0.15, -0.1) is 0 Å². The maximum atomic E-state index is 12.6. The highest BCUT2D eigenvalue weighted by molar-refractivity contribution is 5.95. The van der Waals surface area contributed by atoms with Crippen molar-refractivity contribution >= 4 is 5.91 Å². The highest BCUT2D eigenvalue weighted by Crippen LogP contribution is 2.29. The van der Waals surface area contributed by atoms with Gasteiger partial charge in [0, 0.05) is 24.2 Å². The van der Waals surface area contributed by atoms with E-state index in [0.717, 1.165) is 17.7 Å². The molecule has 2 aromatic rings. The number of carbonyl (C=O) groups is 1. The first kappa shape index (κ1) is 20.2. The van der Waals surface area contributed by atoms with Crippen LogP contribution in [0.3, 0.4) is 0 Å². The Morgan fingerprint density at radius 3 is 2.11 bits per heavy atom. The summed E-state index contributed by atoms with van der Waals surface area (Å²) in [6.07, 6.45) is 3.96. The van der Waals surface area contributed by atoms with E-state index in [1.54, 1.807) is 26.4 Å². The third-order valence-corrected chi connectivity index (χ3v) is 5.35. The second-order valence-electron chi connectivity index (χ2n) is 7.34. The molecule has 0 unspecified atom stereocenters. The SMILES string of the molecule is COc1cc(C(=O)NCc2ccc(CN3CCCCC3)cc2)cc(OC)c1C. The molecule has 1 fully saturated rings. The van der Waals surface area contributed by atoms with Gasteiger partial charge in [-0.1, -0.05) is 30.7 Å². The van der Waals surface area contributed by atoms with Crippen LogP contribution in [-0.4, -0.2) is 38.1 Å². The zero-order valence-electron chi connectivity index (χ0n) is 17.1. The molecule has 0 spiro atoms. The molecule has 28 heavy (non-hydrogen) atoms. The summed E-state index contributed by atoms with van der Waals surface area (Å²) >= 11 is 0. The van der Waals surface area contributed by atoms with Crippen LogP contribution in [0.25, 0.3) is 0 Å². The Morgan fingerprint density at radius 1 is 0.964 bits per heavy atom. The minimum atomic E-state index is -0.144. The number of ether oxygens (including phenoxy) is 2. The molecule has 0 aromatic heterocycles. The van der Waals surface area contributed by atoms with Gasteiger partial charge < -0.3 is 14.8 Å². The lowest BCUT2D eigenvalue weighted by atomic mass is 10.1. The number of carbonyl (C=O) groups excluding carboxylic acids is 1. The van der Waals surface area contributed by atoms with Gasteiger partial charge in [-0.2, -0.15) is 0 Å². The van der Waals surface area contributed by atoms with Crippen molar-refractivity contribution in [2.75, 3.05) is 27.3 Å². The Kier molecular flexibility index (Phi) is 6.93. The van der Waals surface area contributed by atoms with Gasteiger partial charge in [0.2, 0.25) is 0 Å². The van der Waals surface area contributed by atoms with Gasteiger partial charge in [0.15, 0.2) is 0 Å². The molecule has 1 N–H and O–H groups in total. The molecule has 0 aliphatic carbocycles. The number of nitrogens with zero attached hydrogens (tertiary/aromatic N) is 1. The van der Waals surface area contributed by atoms with Crippen molar-refractivity contribution in [2.24, 2.45) is 0 Å². The number of methoxy groups -OCH3 is 2. The summed E-state index contributed by atoms with van der Waals surface area (Å²) in [5.74, 6) is 1.15. The molecule has 0 saturated carbocycles. The van der Waals surface area contributed by atoms with Crippen LogP contribution in [0.4, 0.5) is 0 Å². The zero-order valence-corrected chi connectivity index (χ0v) is 17.1. The quantitative estimate of drug-likeness (QED) is 0.788. The Bertz CT molecular complexity index is 771. The van der Waals surface area contributed by atoms with Crippen LogP contribution in [0.5, 0.6) is 11.5 Å². The van der Waals surface area contributed by atoms with Crippen LogP contribution in [0.1, 0.15) is 46.3 Å². The van der Waals surface area contributed by atoms with Crippen molar-refractivity contribution in [1.29, 1.82) is 0 Å². The maximum absolute atomic E-state index is 12.6. The molecule has 150 valence electrons. The van der Waals surface area contributed by atoms with E-state index in [1.807, 2.05) is 6.92 Å². The fraction of sp³-hybridized carbons (Fsp3) is 0.435.